The van der Waals surface area contributed by atoms with Crippen molar-refractivity contribution in [1.82, 2.24) is 9.78 Å². The number of carbonyl (C=O) groups excluding carboxylic acids is 1. The Bertz CT molecular complexity index is 1300. The van der Waals surface area contributed by atoms with Gasteiger partial charge in [-0.25, -0.2) is 9.48 Å². The summed E-state index contributed by atoms with van der Waals surface area (Å²) in [6, 6.07) is 21.9. The predicted octanol–water partition coefficient (Wildman–Crippen LogP) is 5.83. The number of ether oxygens (including phenoxy) is 3. The third-order valence-electron chi connectivity index (χ3n) is 4.83. The first kappa shape index (κ1) is 22.2. The zero-order valence-electron chi connectivity index (χ0n) is 18.1. The van der Waals surface area contributed by atoms with Gasteiger partial charge in [0.1, 0.15) is 11.4 Å². The first-order valence-corrected chi connectivity index (χ1v) is 10.5. The summed E-state index contributed by atoms with van der Waals surface area (Å²) in [6.45, 7) is 0. The Hall–Kier alpha value is -4.03. The lowest BCUT2D eigenvalue weighted by atomic mass is 10.1. The summed E-state index contributed by atoms with van der Waals surface area (Å²) in [5.74, 6) is 1.05. The molecule has 1 aromatic heterocycles. The minimum atomic E-state index is -0.525. The molecular weight excluding hydrogens is 440 g/mol. The number of esters is 1. The van der Waals surface area contributed by atoms with E-state index in [1.165, 1.54) is 6.08 Å². The second kappa shape index (κ2) is 10.1. The van der Waals surface area contributed by atoms with E-state index in [2.05, 4.69) is 0 Å². The molecule has 0 bridgehead atoms. The molecule has 0 saturated heterocycles. The number of methoxy groups -OCH3 is 2. The van der Waals surface area contributed by atoms with E-state index in [0.717, 1.165) is 16.8 Å². The van der Waals surface area contributed by atoms with Crippen molar-refractivity contribution in [2.45, 2.75) is 0 Å². The molecule has 4 rings (SSSR count). The standard InChI is InChI=1S/C26H21ClN2O4/c1-31-23-13-11-18(15-24(23)32-2)26-19(17-29(28-26)21-8-4-3-5-9-21)12-14-25(30)33-22-10-6-7-20(27)16-22/h3-17H,1-2H3. The summed E-state index contributed by atoms with van der Waals surface area (Å²) in [7, 11) is 3.16. The molecule has 3 aromatic carbocycles. The molecule has 0 aliphatic carbocycles. The van der Waals surface area contributed by atoms with Crippen LogP contribution < -0.4 is 14.2 Å². The van der Waals surface area contributed by atoms with E-state index in [9.17, 15) is 4.79 Å². The number of halogens is 1. The van der Waals surface area contributed by atoms with E-state index in [-0.39, 0.29) is 0 Å². The van der Waals surface area contributed by atoms with Crippen molar-refractivity contribution in [3.63, 3.8) is 0 Å². The van der Waals surface area contributed by atoms with Crippen molar-refractivity contribution < 1.29 is 19.0 Å². The molecule has 0 spiro atoms. The third-order valence-corrected chi connectivity index (χ3v) is 5.07. The van der Waals surface area contributed by atoms with Crippen molar-refractivity contribution in [3.05, 3.63) is 95.7 Å². The molecule has 7 heteroatoms. The Morgan fingerprint density at radius 3 is 2.45 bits per heavy atom. The Kier molecular flexibility index (Phi) is 6.76. The molecule has 4 aromatic rings. The molecule has 6 nitrogen and oxygen atoms in total. The van der Waals surface area contributed by atoms with Crippen LogP contribution in [0, 0.1) is 0 Å². The van der Waals surface area contributed by atoms with Gasteiger partial charge in [-0.15, -0.1) is 0 Å². The lowest BCUT2D eigenvalue weighted by Gasteiger charge is -2.09. The van der Waals surface area contributed by atoms with E-state index < -0.39 is 5.97 Å². The minimum absolute atomic E-state index is 0.372. The number of para-hydroxylation sites is 1. The molecule has 0 fully saturated rings. The summed E-state index contributed by atoms with van der Waals surface area (Å²) in [5, 5.41) is 5.24. The van der Waals surface area contributed by atoms with Crippen LogP contribution in [0.15, 0.2) is 85.1 Å². The highest BCUT2D eigenvalue weighted by Crippen LogP contribution is 2.33. The summed E-state index contributed by atoms with van der Waals surface area (Å²) in [6.07, 6.45) is 4.88. The number of carbonyl (C=O) groups is 1. The molecule has 1 heterocycles. The largest absolute Gasteiger partial charge is 0.493 e. The maximum atomic E-state index is 12.4. The van der Waals surface area contributed by atoms with Crippen LogP contribution in [-0.2, 0) is 4.79 Å². The molecule has 33 heavy (non-hydrogen) atoms. The van der Waals surface area contributed by atoms with Gasteiger partial charge >= 0.3 is 5.97 Å². The molecule has 0 saturated carbocycles. The molecule has 0 amide bonds. The van der Waals surface area contributed by atoms with Crippen LogP contribution in [0.2, 0.25) is 5.02 Å². The molecule has 0 radical (unpaired) electrons. The van der Waals surface area contributed by atoms with Gasteiger partial charge in [0.15, 0.2) is 11.5 Å². The summed E-state index contributed by atoms with van der Waals surface area (Å²) < 4.78 is 17.9. The topological polar surface area (TPSA) is 62.6 Å². The summed E-state index contributed by atoms with van der Waals surface area (Å²) in [4.78, 5) is 12.4. The van der Waals surface area contributed by atoms with Crippen molar-refractivity contribution in [3.8, 4) is 34.2 Å². The van der Waals surface area contributed by atoms with Gasteiger partial charge in [-0.3, -0.25) is 0 Å². The van der Waals surface area contributed by atoms with Gasteiger partial charge in [0.25, 0.3) is 0 Å². The first-order valence-electron chi connectivity index (χ1n) is 10.1. The van der Waals surface area contributed by atoms with Crippen LogP contribution in [0.25, 0.3) is 23.0 Å². The summed E-state index contributed by atoms with van der Waals surface area (Å²) >= 11 is 5.96. The number of nitrogens with zero attached hydrogens (tertiary/aromatic N) is 2. The van der Waals surface area contributed by atoms with E-state index >= 15 is 0 Å². The zero-order valence-corrected chi connectivity index (χ0v) is 18.8. The summed E-state index contributed by atoms with van der Waals surface area (Å²) in [5.41, 5.74) is 3.10. The molecule has 0 aliphatic rings. The van der Waals surface area contributed by atoms with E-state index in [1.807, 2.05) is 54.7 Å². The van der Waals surface area contributed by atoms with Crippen LogP contribution >= 0.6 is 11.6 Å². The van der Waals surface area contributed by atoms with Gasteiger partial charge in [-0.05, 0) is 54.6 Å². The van der Waals surface area contributed by atoms with Gasteiger partial charge < -0.3 is 14.2 Å². The predicted molar refractivity (Wildman–Crippen MR) is 128 cm³/mol. The van der Waals surface area contributed by atoms with Gasteiger partial charge in [-0.1, -0.05) is 35.9 Å². The Labute approximate surface area is 196 Å². The van der Waals surface area contributed by atoms with Crippen molar-refractivity contribution in [2.75, 3.05) is 14.2 Å². The molecule has 0 atom stereocenters. The van der Waals surface area contributed by atoms with E-state index in [1.54, 1.807) is 49.2 Å². The highest BCUT2D eigenvalue weighted by atomic mass is 35.5. The first-order chi connectivity index (χ1) is 16.1. The van der Waals surface area contributed by atoms with Gasteiger partial charge in [-0.2, -0.15) is 5.10 Å². The average molecular weight is 461 g/mol. The maximum Gasteiger partial charge on any atom is 0.336 e. The lowest BCUT2D eigenvalue weighted by molar-refractivity contribution is -0.128. The van der Waals surface area contributed by atoms with Crippen molar-refractivity contribution >= 4 is 23.6 Å². The molecule has 0 unspecified atom stereocenters. The quantitative estimate of drug-likeness (QED) is 0.197. The molecule has 0 aliphatic heterocycles. The zero-order chi connectivity index (χ0) is 23.2. The Morgan fingerprint density at radius 1 is 0.939 bits per heavy atom. The van der Waals surface area contributed by atoms with E-state index in [0.29, 0.717) is 28.0 Å². The number of aromatic nitrogens is 2. The molecule has 166 valence electrons. The maximum absolute atomic E-state index is 12.4. The highest BCUT2D eigenvalue weighted by molar-refractivity contribution is 6.30. The fourth-order valence-corrected chi connectivity index (χ4v) is 3.45. The number of rotatable bonds is 7. The number of hydrogen-bond donors (Lipinski definition) is 0. The second-order valence-corrected chi connectivity index (χ2v) is 7.43. The second-order valence-electron chi connectivity index (χ2n) is 6.99. The van der Waals surface area contributed by atoms with E-state index in [4.69, 9.17) is 30.9 Å². The SMILES string of the molecule is COc1ccc(-c2nn(-c3ccccc3)cc2C=CC(=O)Oc2cccc(Cl)c2)cc1OC. The normalized spacial score (nSPS) is 10.9. The van der Waals surface area contributed by atoms with Gasteiger partial charge in [0, 0.05) is 28.4 Å². The fourth-order valence-electron chi connectivity index (χ4n) is 3.27. The van der Waals surface area contributed by atoms with Crippen molar-refractivity contribution in [2.24, 2.45) is 0 Å². The monoisotopic (exact) mass is 460 g/mol. The molecule has 0 N–H and O–H groups in total. The van der Waals surface area contributed by atoms with Crippen molar-refractivity contribution in [1.29, 1.82) is 0 Å². The number of benzene rings is 3. The van der Waals surface area contributed by atoms with Crippen LogP contribution in [0.3, 0.4) is 0 Å². The van der Waals surface area contributed by atoms with Crippen LogP contribution in [0.1, 0.15) is 5.56 Å². The minimum Gasteiger partial charge on any atom is -0.493 e. The smallest absolute Gasteiger partial charge is 0.336 e. The number of hydrogen-bond acceptors (Lipinski definition) is 5. The molecular formula is C26H21ClN2O4. The average Bonchev–Trinajstić information content (AvgIpc) is 3.27. The fraction of sp³-hybridized carbons (Fsp3) is 0.0769. The Balaban J connectivity index is 1.69. The van der Waals surface area contributed by atoms with Crippen LogP contribution in [0.5, 0.6) is 17.2 Å². The third kappa shape index (κ3) is 5.25. The van der Waals surface area contributed by atoms with Gasteiger partial charge in [0.2, 0.25) is 0 Å². The van der Waals surface area contributed by atoms with Crippen LogP contribution in [0.4, 0.5) is 0 Å². The van der Waals surface area contributed by atoms with Gasteiger partial charge in [0.05, 0.1) is 19.9 Å². The Morgan fingerprint density at radius 2 is 1.73 bits per heavy atom. The highest BCUT2D eigenvalue weighted by Gasteiger charge is 2.14. The van der Waals surface area contributed by atoms with Crippen LogP contribution in [-0.4, -0.2) is 30.0 Å². The lowest BCUT2D eigenvalue weighted by Crippen LogP contribution is -2.03.